The molecule has 0 saturated carbocycles. The average molecular weight is 276 g/mol. The lowest BCUT2D eigenvalue weighted by Crippen LogP contribution is -2.33. The van der Waals surface area contributed by atoms with Crippen molar-refractivity contribution in [2.75, 3.05) is 25.0 Å². The molecule has 1 saturated heterocycles. The molecule has 2 aliphatic rings. The predicted octanol–water partition coefficient (Wildman–Crippen LogP) is 1.56. The number of fused-ring (bicyclic) bond motifs is 1. The number of anilines is 1. The van der Waals surface area contributed by atoms with Crippen LogP contribution in [0.5, 0.6) is 5.75 Å². The summed E-state index contributed by atoms with van der Waals surface area (Å²) in [5, 5.41) is 11.7. The molecule has 0 bridgehead atoms. The number of carbonyl (C=O) groups excluding carboxylic acids is 1. The van der Waals surface area contributed by atoms with Crippen molar-refractivity contribution in [2.45, 2.75) is 12.8 Å². The molecule has 2 N–H and O–H groups in total. The number of hydrogen-bond acceptors (Lipinski definition) is 3. The zero-order valence-corrected chi connectivity index (χ0v) is 11.0. The van der Waals surface area contributed by atoms with Crippen LogP contribution < -0.4 is 10.1 Å². The van der Waals surface area contributed by atoms with E-state index in [0.29, 0.717) is 19.6 Å². The number of aliphatic carboxylic acids is 1. The Hall–Kier alpha value is -2.24. The summed E-state index contributed by atoms with van der Waals surface area (Å²) in [6.07, 6.45) is 1.37. The van der Waals surface area contributed by atoms with Gasteiger partial charge in [-0.1, -0.05) is 0 Å². The zero-order valence-electron chi connectivity index (χ0n) is 11.0. The molecule has 1 unspecified atom stereocenters. The van der Waals surface area contributed by atoms with Crippen LogP contribution in [0.2, 0.25) is 0 Å². The summed E-state index contributed by atoms with van der Waals surface area (Å²) in [7, 11) is 0. The third kappa shape index (κ3) is 2.41. The van der Waals surface area contributed by atoms with Gasteiger partial charge >= 0.3 is 12.0 Å². The van der Waals surface area contributed by atoms with Gasteiger partial charge in [0.15, 0.2) is 0 Å². The van der Waals surface area contributed by atoms with E-state index in [1.165, 1.54) is 0 Å². The molecule has 0 aromatic heterocycles. The Balaban J connectivity index is 1.63. The molecule has 2 aliphatic heterocycles. The highest BCUT2D eigenvalue weighted by Crippen LogP contribution is 2.28. The fraction of sp³-hybridized carbons (Fsp3) is 0.429. The molecule has 0 spiro atoms. The standard InChI is InChI=1S/C14H16N2O4/c17-13(18)10-3-5-16(8-10)14(19)15-11-1-2-12-9(7-11)4-6-20-12/h1-2,7,10H,3-6,8H2,(H,15,19)(H,17,18). The van der Waals surface area contributed by atoms with E-state index < -0.39 is 11.9 Å². The largest absolute Gasteiger partial charge is 0.493 e. The van der Waals surface area contributed by atoms with Crippen LogP contribution in [0.15, 0.2) is 18.2 Å². The van der Waals surface area contributed by atoms with Gasteiger partial charge in [-0.05, 0) is 30.2 Å². The Labute approximate surface area is 116 Å². The molecule has 0 radical (unpaired) electrons. The fourth-order valence-electron chi connectivity index (χ4n) is 2.61. The van der Waals surface area contributed by atoms with Gasteiger partial charge in [0.05, 0.1) is 12.5 Å². The van der Waals surface area contributed by atoms with E-state index in [0.717, 1.165) is 23.4 Å². The number of carbonyl (C=O) groups is 2. The Morgan fingerprint density at radius 2 is 2.25 bits per heavy atom. The van der Waals surface area contributed by atoms with Crippen LogP contribution in [-0.4, -0.2) is 41.7 Å². The number of amides is 2. The van der Waals surface area contributed by atoms with Crippen LogP contribution in [0, 0.1) is 5.92 Å². The minimum Gasteiger partial charge on any atom is -0.493 e. The average Bonchev–Trinajstić information content (AvgIpc) is 3.07. The third-order valence-electron chi connectivity index (χ3n) is 3.77. The van der Waals surface area contributed by atoms with Crippen molar-refractivity contribution in [3.8, 4) is 5.75 Å². The summed E-state index contributed by atoms with van der Waals surface area (Å²) in [6, 6.07) is 5.31. The van der Waals surface area contributed by atoms with Crippen molar-refractivity contribution in [1.82, 2.24) is 4.90 Å². The molecule has 0 aliphatic carbocycles. The first kappa shape index (κ1) is 12.8. The highest BCUT2D eigenvalue weighted by atomic mass is 16.5. The van der Waals surface area contributed by atoms with Gasteiger partial charge in [-0.15, -0.1) is 0 Å². The van der Waals surface area contributed by atoms with Gasteiger partial charge in [-0.2, -0.15) is 0 Å². The summed E-state index contributed by atoms with van der Waals surface area (Å²) in [5.74, 6) is -0.417. The zero-order chi connectivity index (χ0) is 14.1. The minimum absolute atomic E-state index is 0.243. The number of hydrogen-bond donors (Lipinski definition) is 2. The Kier molecular flexibility index (Phi) is 3.22. The topological polar surface area (TPSA) is 78.9 Å². The molecule has 2 amide bonds. The van der Waals surface area contributed by atoms with E-state index in [2.05, 4.69) is 5.32 Å². The van der Waals surface area contributed by atoms with Gasteiger partial charge in [0, 0.05) is 25.2 Å². The summed E-state index contributed by atoms with van der Waals surface area (Å²) >= 11 is 0. The lowest BCUT2D eigenvalue weighted by Gasteiger charge is -2.17. The van der Waals surface area contributed by atoms with Crippen molar-refractivity contribution in [3.63, 3.8) is 0 Å². The van der Waals surface area contributed by atoms with Crippen LogP contribution in [0.3, 0.4) is 0 Å². The third-order valence-corrected chi connectivity index (χ3v) is 3.77. The van der Waals surface area contributed by atoms with Crippen LogP contribution >= 0.6 is 0 Å². The van der Waals surface area contributed by atoms with Gasteiger partial charge < -0.3 is 20.1 Å². The monoisotopic (exact) mass is 276 g/mol. The number of nitrogens with zero attached hydrogens (tertiary/aromatic N) is 1. The normalized spacial score (nSPS) is 20.4. The number of benzene rings is 1. The van der Waals surface area contributed by atoms with Gasteiger partial charge in [-0.3, -0.25) is 4.79 Å². The number of ether oxygens (including phenoxy) is 1. The van der Waals surface area contributed by atoms with E-state index in [4.69, 9.17) is 9.84 Å². The summed E-state index contributed by atoms with van der Waals surface area (Å²) in [6.45, 7) is 1.44. The Bertz CT molecular complexity index is 558. The van der Waals surface area contributed by atoms with E-state index in [1.54, 1.807) is 11.0 Å². The molecule has 1 aromatic carbocycles. The van der Waals surface area contributed by atoms with Crippen molar-refractivity contribution in [1.29, 1.82) is 0 Å². The molecule has 1 aromatic rings. The SMILES string of the molecule is O=C(O)C1CCN(C(=O)Nc2ccc3c(c2)CCO3)C1. The fourth-order valence-corrected chi connectivity index (χ4v) is 2.61. The van der Waals surface area contributed by atoms with E-state index >= 15 is 0 Å². The van der Waals surface area contributed by atoms with Crippen LogP contribution in [0.1, 0.15) is 12.0 Å². The van der Waals surface area contributed by atoms with Crippen molar-refractivity contribution < 1.29 is 19.4 Å². The summed E-state index contributed by atoms with van der Waals surface area (Å²) in [4.78, 5) is 24.5. The highest BCUT2D eigenvalue weighted by molar-refractivity contribution is 5.90. The van der Waals surface area contributed by atoms with Crippen molar-refractivity contribution >= 4 is 17.7 Å². The summed E-state index contributed by atoms with van der Waals surface area (Å²) in [5.41, 5.74) is 1.81. The molecular weight excluding hydrogens is 260 g/mol. The van der Waals surface area contributed by atoms with Crippen molar-refractivity contribution in [3.05, 3.63) is 23.8 Å². The maximum absolute atomic E-state index is 12.1. The van der Waals surface area contributed by atoms with Crippen LogP contribution in [0.4, 0.5) is 10.5 Å². The molecule has 106 valence electrons. The van der Waals surface area contributed by atoms with Gasteiger partial charge in [0.2, 0.25) is 0 Å². The van der Waals surface area contributed by atoms with Gasteiger partial charge in [0.25, 0.3) is 0 Å². The number of likely N-dealkylation sites (tertiary alicyclic amines) is 1. The quantitative estimate of drug-likeness (QED) is 0.859. The smallest absolute Gasteiger partial charge is 0.321 e. The number of nitrogens with one attached hydrogen (secondary N) is 1. The summed E-state index contributed by atoms with van der Waals surface area (Å²) < 4.78 is 5.41. The number of carboxylic acid groups (broad SMARTS) is 1. The molecular formula is C14H16N2O4. The minimum atomic E-state index is -0.838. The second-order valence-electron chi connectivity index (χ2n) is 5.12. The number of rotatable bonds is 2. The maximum Gasteiger partial charge on any atom is 0.321 e. The second-order valence-corrected chi connectivity index (χ2v) is 5.12. The molecule has 1 fully saturated rings. The van der Waals surface area contributed by atoms with E-state index in [9.17, 15) is 9.59 Å². The lowest BCUT2D eigenvalue weighted by atomic mass is 10.1. The maximum atomic E-state index is 12.1. The van der Waals surface area contributed by atoms with Crippen LogP contribution in [-0.2, 0) is 11.2 Å². The Morgan fingerprint density at radius 3 is 3.00 bits per heavy atom. The first-order chi connectivity index (χ1) is 9.63. The molecule has 2 heterocycles. The van der Waals surface area contributed by atoms with Crippen molar-refractivity contribution in [2.24, 2.45) is 5.92 Å². The molecule has 20 heavy (non-hydrogen) atoms. The predicted molar refractivity (Wildman–Crippen MR) is 72.0 cm³/mol. The second kappa shape index (κ2) is 5.03. The lowest BCUT2D eigenvalue weighted by molar-refractivity contribution is -0.141. The van der Waals surface area contributed by atoms with Gasteiger partial charge in [-0.25, -0.2) is 4.79 Å². The molecule has 1 atom stereocenters. The van der Waals surface area contributed by atoms with E-state index in [-0.39, 0.29) is 12.6 Å². The molecule has 6 heteroatoms. The number of carboxylic acids is 1. The molecule has 6 nitrogen and oxygen atoms in total. The Morgan fingerprint density at radius 1 is 1.40 bits per heavy atom. The molecule has 3 rings (SSSR count). The van der Waals surface area contributed by atoms with Crippen LogP contribution in [0.25, 0.3) is 0 Å². The van der Waals surface area contributed by atoms with E-state index in [1.807, 2.05) is 12.1 Å². The highest BCUT2D eigenvalue weighted by Gasteiger charge is 2.30. The first-order valence-electron chi connectivity index (χ1n) is 6.68. The van der Waals surface area contributed by atoms with Gasteiger partial charge in [0.1, 0.15) is 5.75 Å². The first-order valence-corrected chi connectivity index (χ1v) is 6.68. The number of urea groups is 1.